The van der Waals surface area contributed by atoms with Crippen molar-refractivity contribution in [1.29, 1.82) is 0 Å². The Hall–Kier alpha value is -1.83. The van der Waals surface area contributed by atoms with Crippen LogP contribution in [0.2, 0.25) is 0 Å². The molecule has 0 aromatic carbocycles. The van der Waals surface area contributed by atoms with Gasteiger partial charge in [-0.3, -0.25) is 9.59 Å². The monoisotopic (exact) mass is 755 g/mol. The van der Waals surface area contributed by atoms with Gasteiger partial charge in [0.25, 0.3) is 0 Å². The first-order valence-electron chi connectivity index (χ1n) is 22.6. The molecule has 8 heteroatoms. The molecule has 314 valence electrons. The normalized spacial score (nSPS) is 12.1. The van der Waals surface area contributed by atoms with E-state index in [4.69, 9.17) is 18.9 Å². The summed E-state index contributed by atoms with van der Waals surface area (Å²) < 4.78 is 22.1. The molecule has 0 radical (unpaired) electrons. The molecule has 0 rings (SSSR count). The average Bonchev–Trinajstić information content (AvgIpc) is 3.12. The first-order valence-corrected chi connectivity index (χ1v) is 22.6. The number of hydrogen-bond acceptors (Lipinski definition) is 7. The summed E-state index contributed by atoms with van der Waals surface area (Å²) in [7, 11) is 6.03. The standard InChI is InChI=1S/C45H88NO7/c1-6-8-10-12-14-16-18-20-22-24-26-28-30-32-34-36-43(47)51-40-42(41-52-45(49)50-39-38-46(3,4)5)53-44(48)37-35-33-31-29-27-25-23-21-19-17-15-13-11-9-7-2/h42H,6-41H2,1-5H3/q+1/t42-/m1/s1. The van der Waals surface area contributed by atoms with Crippen LogP contribution in [0.1, 0.15) is 219 Å². The van der Waals surface area contributed by atoms with E-state index < -0.39 is 12.3 Å². The molecule has 8 nitrogen and oxygen atoms in total. The lowest BCUT2D eigenvalue weighted by Gasteiger charge is -2.23. The van der Waals surface area contributed by atoms with Gasteiger partial charge in [-0.15, -0.1) is 0 Å². The second-order valence-corrected chi connectivity index (χ2v) is 16.6. The lowest BCUT2D eigenvalue weighted by molar-refractivity contribution is -0.870. The summed E-state index contributed by atoms with van der Waals surface area (Å²) in [5.74, 6) is -0.668. The summed E-state index contributed by atoms with van der Waals surface area (Å²) >= 11 is 0. The van der Waals surface area contributed by atoms with Crippen LogP contribution >= 0.6 is 0 Å². The zero-order chi connectivity index (χ0) is 39.1. The summed E-state index contributed by atoms with van der Waals surface area (Å²) in [6, 6.07) is 0. The number of nitrogens with zero attached hydrogens (tertiary/aromatic N) is 1. The SMILES string of the molecule is CCCCCCCCCCCCCCCCCC(=O)OC[C@H](COC(=O)OCC[N+](C)(C)C)OC(=O)CCCCCCCCCCCCCCCCC. The molecule has 1 atom stereocenters. The maximum absolute atomic E-state index is 12.7. The van der Waals surface area contributed by atoms with E-state index in [1.165, 1.54) is 154 Å². The summed E-state index contributed by atoms with van der Waals surface area (Å²) in [4.78, 5) is 37.3. The smallest absolute Gasteiger partial charge is 0.462 e. The highest BCUT2D eigenvalue weighted by Crippen LogP contribution is 2.16. The molecular formula is C45H88NO7+. The van der Waals surface area contributed by atoms with Crippen LogP contribution in [0.15, 0.2) is 0 Å². The van der Waals surface area contributed by atoms with Gasteiger partial charge < -0.3 is 23.4 Å². The Morgan fingerprint density at radius 1 is 0.415 bits per heavy atom. The van der Waals surface area contributed by atoms with Gasteiger partial charge in [0.05, 0.1) is 21.1 Å². The first-order chi connectivity index (χ1) is 25.7. The summed E-state index contributed by atoms with van der Waals surface area (Å²) in [6.45, 7) is 5.06. The van der Waals surface area contributed by atoms with E-state index in [9.17, 15) is 14.4 Å². The van der Waals surface area contributed by atoms with Crippen molar-refractivity contribution in [1.82, 2.24) is 0 Å². The maximum atomic E-state index is 12.7. The number of esters is 2. The van der Waals surface area contributed by atoms with Gasteiger partial charge in [-0.05, 0) is 12.8 Å². The fourth-order valence-corrected chi connectivity index (χ4v) is 6.51. The number of carbonyl (C=O) groups excluding carboxylic acids is 3. The van der Waals surface area contributed by atoms with Gasteiger partial charge in [0.15, 0.2) is 6.10 Å². The van der Waals surface area contributed by atoms with Crippen molar-refractivity contribution < 1.29 is 37.8 Å². The second-order valence-electron chi connectivity index (χ2n) is 16.6. The lowest BCUT2D eigenvalue weighted by atomic mass is 10.0. The van der Waals surface area contributed by atoms with Gasteiger partial charge in [0, 0.05) is 12.8 Å². The van der Waals surface area contributed by atoms with E-state index in [2.05, 4.69) is 13.8 Å². The summed E-state index contributed by atoms with van der Waals surface area (Å²) in [5, 5.41) is 0. The van der Waals surface area contributed by atoms with Crippen molar-refractivity contribution in [2.45, 2.75) is 225 Å². The third-order valence-corrected chi connectivity index (χ3v) is 10.1. The van der Waals surface area contributed by atoms with Crippen LogP contribution < -0.4 is 0 Å². The molecule has 0 saturated carbocycles. The molecule has 0 heterocycles. The van der Waals surface area contributed by atoms with Crippen molar-refractivity contribution in [3.8, 4) is 0 Å². The molecule has 0 amide bonds. The Bertz CT molecular complexity index is 828. The molecule has 0 fully saturated rings. The van der Waals surface area contributed by atoms with Crippen molar-refractivity contribution >= 4 is 18.1 Å². The molecule has 0 N–H and O–H groups in total. The van der Waals surface area contributed by atoms with Gasteiger partial charge >= 0.3 is 18.1 Å². The van der Waals surface area contributed by atoms with Gasteiger partial charge in [-0.25, -0.2) is 4.79 Å². The Morgan fingerprint density at radius 2 is 0.736 bits per heavy atom. The molecule has 0 aromatic heterocycles. The molecule has 0 saturated heterocycles. The van der Waals surface area contributed by atoms with Crippen LogP contribution in [0.4, 0.5) is 4.79 Å². The van der Waals surface area contributed by atoms with Crippen molar-refractivity contribution in [3.05, 3.63) is 0 Å². The molecule has 0 aliphatic rings. The van der Waals surface area contributed by atoms with E-state index in [-0.39, 0.29) is 31.8 Å². The van der Waals surface area contributed by atoms with Crippen LogP contribution in [0.25, 0.3) is 0 Å². The number of carbonyl (C=O) groups is 3. The van der Waals surface area contributed by atoms with Gasteiger partial charge in [-0.2, -0.15) is 0 Å². The quantitative estimate of drug-likeness (QED) is 0.0266. The molecular weight excluding hydrogens is 666 g/mol. The van der Waals surface area contributed by atoms with Crippen molar-refractivity contribution in [2.24, 2.45) is 0 Å². The van der Waals surface area contributed by atoms with Crippen LogP contribution in [0.3, 0.4) is 0 Å². The second kappa shape index (κ2) is 38.4. The van der Waals surface area contributed by atoms with Gasteiger partial charge in [-0.1, -0.05) is 194 Å². The fraction of sp³-hybridized carbons (Fsp3) is 0.933. The largest absolute Gasteiger partial charge is 0.508 e. The topological polar surface area (TPSA) is 88.1 Å². The van der Waals surface area contributed by atoms with Gasteiger partial charge in [0.1, 0.15) is 26.4 Å². The van der Waals surface area contributed by atoms with Crippen LogP contribution in [-0.2, 0) is 28.5 Å². The predicted molar refractivity (Wildman–Crippen MR) is 220 cm³/mol. The fourth-order valence-electron chi connectivity index (χ4n) is 6.51. The summed E-state index contributed by atoms with van der Waals surface area (Å²) in [5.41, 5.74) is 0. The molecule has 0 spiro atoms. The summed E-state index contributed by atoms with van der Waals surface area (Å²) in [6.07, 6.45) is 37.0. The number of unbranched alkanes of at least 4 members (excludes halogenated alkanes) is 28. The third kappa shape index (κ3) is 41.2. The molecule has 0 aliphatic heterocycles. The highest BCUT2D eigenvalue weighted by atomic mass is 16.7. The number of likely N-dealkylation sites (N-methyl/N-ethyl adjacent to an activating group) is 1. The Labute approximate surface area is 328 Å². The van der Waals surface area contributed by atoms with Crippen LogP contribution in [0, 0.1) is 0 Å². The number of quaternary nitrogens is 1. The van der Waals surface area contributed by atoms with Crippen molar-refractivity contribution in [3.63, 3.8) is 0 Å². The number of ether oxygens (including phenoxy) is 4. The maximum Gasteiger partial charge on any atom is 0.508 e. The van der Waals surface area contributed by atoms with E-state index in [0.29, 0.717) is 23.9 Å². The Kier molecular flexibility index (Phi) is 37.1. The van der Waals surface area contributed by atoms with Crippen molar-refractivity contribution in [2.75, 3.05) is 47.5 Å². The number of rotatable bonds is 40. The lowest BCUT2D eigenvalue weighted by Crippen LogP contribution is -2.38. The minimum absolute atomic E-state index is 0.131. The zero-order valence-electron chi connectivity index (χ0n) is 35.8. The van der Waals surface area contributed by atoms with Crippen LogP contribution in [0.5, 0.6) is 0 Å². The highest BCUT2D eigenvalue weighted by molar-refractivity contribution is 5.70. The Morgan fingerprint density at radius 3 is 1.09 bits per heavy atom. The predicted octanol–water partition coefficient (Wildman–Crippen LogP) is 12.8. The molecule has 0 unspecified atom stereocenters. The minimum atomic E-state index is -0.852. The van der Waals surface area contributed by atoms with E-state index in [1.807, 2.05) is 21.1 Å². The molecule has 0 bridgehead atoms. The third-order valence-electron chi connectivity index (χ3n) is 10.1. The number of hydrogen-bond donors (Lipinski definition) is 0. The molecule has 0 aliphatic carbocycles. The Balaban J connectivity index is 4.19. The van der Waals surface area contributed by atoms with Gasteiger partial charge in [0.2, 0.25) is 0 Å². The van der Waals surface area contributed by atoms with Crippen LogP contribution in [-0.4, -0.2) is 76.2 Å². The average molecular weight is 755 g/mol. The molecule has 53 heavy (non-hydrogen) atoms. The zero-order valence-corrected chi connectivity index (χ0v) is 35.8. The first kappa shape index (κ1) is 51.2. The highest BCUT2D eigenvalue weighted by Gasteiger charge is 2.20. The van der Waals surface area contributed by atoms with E-state index in [0.717, 1.165) is 38.5 Å². The molecule has 0 aromatic rings. The van der Waals surface area contributed by atoms with E-state index in [1.54, 1.807) is 0 Å². The van der Waals surface area contributed by atoms with E-state index >= 15 is 0 Å². The minimum Gasteiger partial charge on any atom is -0.462 e.